The fourth-order valence-corrected chi connectivity index (χ4v) is 3.15. The van der Waals surface area contributed by atoms with Crippen molar-refractivity contribution in [2.45, 2.75) is 16.0 Å². The standard InChI is InChI=1S/C15H14F3NO3S2/c16-15(17,18)13-10-12(24(19,20)21)6-7-14(13)22-8-9-23-11-4-2-1-3-5-11/h1-7,10H,8-9H2,(H2,19,20,21). The average molecular weight is 377 g/mol. The summed E-state index contributed by atoms with van der Waals surface area (Å²) < 4.78 is 66.8. The van der Waals surface area contributed by atoms with Gasteiger partial charge in [0.25, 0.3) is 0 Å². The highest BCUT2D eigenvalue weighted by molar-refractivity contribution is 7.99. The van der Waals surface area contributed by atoms with Gasteiger partial charge in [0.05, 0.1) is 17.1 Å². The first kappa shape index (κ1) is 18.6. The maximum absolute atomic E-state index is 13.1. The molecule has 4 nitrogen and oxygen atoms in total. The molecule has 0 bridgehead atoms. The molecule has 2 aromatic carbocycles. The monoisotopic (exact) mass is 377 g/mol. The van der Waals surface area contributed by atoms with Crippen molar-refractivity contribution in [2.75, 3.05) is 12.4 Å². The van der Waals surface area contributed by atoms with E-state index in [4.69, 9.17) is 9.88 Å². The zero-order valence-corrected chi connectivity index (χ0v) is 13.9. The summed E-state index contributed by atoms with van der Waals surface area (Å²) in [5, 5.41) is 4.87. The van der Waals surface area contributed by atoms with Crippen molar-refractivity contribution in [3.05, 3.63) is 54.1 Å². The molecule has 0 aromatic heterocycles. The first-order chi connectivity index (χ1) is 11.2. The van der Waals surface area contributed by atoms with Crippen LogP contribution in [0.15, 0.2) is 58.3 Å². The zero-order valence-electron chi connectivity index (χ0n) is 12.3. The molecule has 130 valence electrons. The lowest BCUT2D eigenvalue weighted by Gasteiger charge is -2.15. The first-order valence-electron chi connectivity index (χ1n) is 6.72. The van der Waals surface area contributed by atoms with Gasteiger partial charge in [0.1, 0.15) is 5.75 Å². The Kier molecular flexibility index (Phi) is 5.79. The third-order valence-corrected chi connectivity index (χ3v) is 4.83. The molecule has 2 rings (SSSR count). The number of thioether (sulfide) groups is 1. The van der Waals surface area contributed by atoms with Crippen LogP contribution in [-0.2, 0) is 16.2 Å². The van der Waals surface area contributed by atoms with Gasteiger partial charge in [-0.2, -0.15) is 13.2 Å². The summed E-state index contributed by atoms with van der Waals surface area (Å²) in [5.74, 6) is 0.0155. The summed E-state index contributed by atoms with van der Waals surface area (Å²) in [4.78, 5) is 0.363. The van der Waals surface area contributed by atoms with Gasteiger partial charge < -0.3 is 4.74 Å². The molecular formula is C15H14F3NO3S2. The number of ether oxygens (including phenoxy) is 1. The number of hydrogen-bond acceptors (Lipinski definition) is 4. The van der Waals surface area contributed by atoms with Crippen LogP contribution < -0.4 is 9.88 Å². The fourth-order valence-electron chi connectivity index (χ4n) is 1.86. The molecule has 0 atom stereocenters. The highest BCUT2D eigenvalue weighted by atomic mass is 32.2. The van der Waals surface area contributed by atoms with Crippen LogP contribution in [0.2, 0.25) is 0 Å². The number of hydrogen-bond donors (Lipinski definition) is 1. The predicted octanol–water partition coefficient (Wildman–Crippen LogP) is 3.52. The zero-order chi connectivity index (χ0) is 17.8. The number of sulfonamides is 1. The Morgan fingerprint density at radius 2 is 1.75 bits per heavy atom. The van der Waals surface area contributed by atoms with Crippen molar-refractivity contribution < 1.29 is 26.3 Å². The first-order valence-corrected chi connectivity index (χ1v) is 9.26. The highest BCUT2D eigenvalue weighted by Gasteiger charge is 2.35. The Morgan fingerprint density at radius 1 is 1.08 bits per heavy atom. The van der Waals surface area contributed by atoms with E-state index in [1.54, 1.807) is 0 Å². The van der Waals surface area contributed by atoms with Crippen molar-refractivity contribution >= 4 is 21.8 Å². The van der Waals surface area contributed by atoms with Crippen LogP contribution in [0.3, 0.4) is 0 Å². The second kappa shape index (κ2) is 7.45. The summed E-state index contributed by atoms with van der Waals surface area (Å²) in [6.45, 7) is 0.0391. The molecule has 0 heterocycles. The number of halogens is 3. The van der Waals surface area contributed by atoms with E-state index in [1.165, 1.54) is 11.8 Å². The molecule has 9 heteroatoms. The van der Waals surface area contributed by atoms with E-state index >= 15 is 0 Å². The molecule has 0 aliphatic carbocycles. The lowest BCUT2D eigenvalue weighted by molar-refractivity contribution is -0.139. The molecule has 0 fully saturated rings. The lowest BCUT2D eigenvalue weighted by atomic mass is 10.2. The SMILES string of the molecule is NS(=O)(=O)c1ccc(OCCSc2ccccc2)c(C(F)(F)F)c1. The molecule has 2 N–H and O–H groups in total. The van der Waals surface area contributed by atoms with E-state index in [0.717, 1.165) is 17.0 Å². The molecule has 0 saturated heterocycles. The number of primary sulfonamides is 1. The number of rotatable bonds is 6. The van der Waals surface area contributed by atoms with Gasteiger partial charge in [0, 0.05) is 10.6 Å². The molecule has 24 heavy (non-hydrogen) atoms. The second-order valence-corrected chi connectivity index (χ2v) is 7.44. The molecule has 0 spiro atoms. The van der Waals surface area contributed by atoms with E-state index in [1.807, 2.05) is 30.3 Å². The molecule has 0 aliphatic heterocycles. The van der Waals surface area contributed by atoms with Gasteiger partial charge >= 0.3 is 6.18 Å². The van der Waals surface area contributed by atoms with Crippen LogP contribution in [0.4, 0.5) is 13.2 Å². The van der Waals surface area contributed by atoms with Gasteiger partial charge in [-0.1, -0.05) is 18.2 Å². The average Bonchev–Trinajstić information content (AvgIpc) is 2.50. The van der Waals surface area contributed by atoms with Crippen molar-refractivity contribution in [2.24, 2.45) is 5.14 Å². The Morgan fingerprint density at radius 3 is 2.33 bits per heavy atom. The van der Waals surface area contributed by atoms with Gasteiger partial charge in [-0.05, 0) is 30.3 Å². The molecule has 2 aromatic rings. The Balaban J connectivity index is 2.09. The van der Waals surface area contributed by atoms with Crippen molar-refractivity contribution in [1.82, 2.24) is 0 Å². The van der Waals surface area contributed by atoms with Crippen LogP contribution in [0, 0.1) is 0 Å². The van der Waals surface area contributed by atoms with Crippen LogP contribution in [0.5, 0.6) is 5.75 Å². The Hall–Kier alpha value is -1.71. The summed E-state index contributed by atoms with van der Waals surface area (Å²) >= 11 is 1.44. The second-order valence-electron chi connectivity index (χ2n) is 4.71. The number of nitrogens with two attached hydrogens (primary N) is 1. The minimum Gasteiger partial charge on any atom is -0.492 e. The quantitative estimate of drug-likeness (QED) is 0.618. The normalized spacial score (nSPS) is 12.2. The largest absolute Gasteiger partial charge is 0.492 e. The summed E-state index contributed by atoms with van der Waals surface area (Å²) in [5.41, 5.74) is -1.17. The molecule has 0 amide bonds. The van der Waals surface area contributed by atoms with Crippen molar-refractivity contribution in [3.8, 4) is 5.75 Å². The Bertz CT molecular complexity index is 793. The fraction of sp³-hybridized carbons (Fsp3) is 0.200. The predicted molar refractivity (Wildman–Crippen MR) is 85.5 cm³/mol. The van der Waals surface area contributed by atoms with Gasteiger partial charge in [-0.25, -0.2) is 13.6 Å². The van der Waals surface area contributed by atoms with E-state index in [0.29, 0.717) is 11.8 Å². The van der Waals surface area contributed by atoms with E-state index < -0.39 is 32.4 Å². The van der Waals surface area contributed by atoms with Crippen molar-refractivity contribution in [3.63, 3.8) is 0 Å². The molecule has 0 saturated carbocycles. The number of benzene rings is 2. The summed E-state index contributed by atoms with van der Waals surface area (Å²) in [6, 6.07) is 11.8. The highest BCUT2D eigenvalue weighted by Crippen LogP contribution is 2.37. The lowest BCUT2D eigenvalue weighted by Crippen LogP contribution is -2.15. The third-order valence-electron chi connectivity index (χ3n) is 2.94. The van der Waals surface area contributed by atoms with Crippen LogP contribution in [0.1, 0.15) is 5.56 Å². The van der Waals surface area contributed by atoms with Gasteiger partial charge in [-0.3, -0.25) is 0 Å². The number of alkyl halides is 3. The minimum absolute atomic E-state index is 0.0391. The van der Waals surface area contributed by atoms with E-state index in [9.17, 15) is 21.6 Å². The van der Waals surface area contributed by atoms with Crippen molar-refractivity contribution in [1.29, 1.82) is 0 Å². The maximum atomic E-state index is 13.1. The Labute approximate surface area is 141 Å². The molecule has 0 radical (unpaired) electrons. The van der Waals surface area contributed by atoms with Gasteiger partial charge in [0.15, 0.2) is 0 Å². The van der Waals surface area contributed by atoms with E-state index in [2.05, 4.69) is 0 Å². The summed E-state index contributed by atoms with van der Waals surface area (Å²) in [6.07, 6.45) is -4.75. The molecular weight excluding hydrogens is 363 g/mol. The van der Waals surface area contributed by atoms with Crippen LogP contribution in [-0.4, -0.2) is 20.8 Å². The van der Waals surface area contributed by atoms with Crippen LogP contribution in [0.25, 0.3) is 0 Å². The topological polar surface area (TPSA) is 69.4 Å². The van der Waals surface area contributed by atoms with E-state index in [-0.39, 0.29) is 6.61 Å². The van der Waals surface area contributed by atoms with Gasteiger partial charge in [-0.15, -0.1) is 11.8 Å². The molecule has 0 unspecified atom stereocenters. The van der Waals surface area contributed by atoms with Crippen LogP contribution >= 0.6 is 11.8 Å². The van der Waals surface area contributed by atoms with Gasteiger partial charge in [0.2, 0.25) is 10.0 Å². The molecule has 0 aliphatic rings. The minimum atomic E-state index is -4.75. The summed E-state index contributed by atoms with van der Waals surface area (Å²) in [7, 11) is -4.22. The third kappa shape index (κ3) is 5.15. The smallest absolute Gasteiger partial charge is 0.420 e. The maximum Gasteiger partial charge on any atom is 0.420 e.